The average Bonchev–Trinajstić information content (AvgIpc) is 2.96. The van der Waals surface area contributed by atoms with E-state index in [1.54, 1.807) is 43.3 Å². The number of amides is 2. The van der Waals surface area contributed by atoms with Gasteiger partial charge >= 0.3 is 0 Å². The fourth-order valence-electron chi connectivity index (χ4n) is 4.57. The third-order valence-electron chi connectivity index (χ3n) is 6.87. The van der Waals surface area contributed by atoms with Crippen LogP contribution >= 0.6 is 11.6 Å². The van der Waals surface area contributed by atoms with Gasteiger partial charge < -0.3 is 19.7 Å². The molecule has 9 nitrogen and oxygen atoms in total. The van der Waals surface area contributed by atoms with Crippen LogP contribution in [0.4, 0.5) is 5.69 Å². The average molecular weight is 630 g/mol. The smallest absolute Gasteiger partial charge is 0.264 e. The number of anilines is 1. The maximum atomic E-state index is 14.2. The molecule has 2 amide bonds. The minimum atomic E-state index is -4.30. The fraction of sp³-hybridized carbons (Fsp3) is 0.375. The van der Waals surface area contributed by atoms with E-state index in [0.29, 0.717) is 28.6 Å². The molecule has 0 spiro atoms. The second-order valence-electron chi connectivity index (χ2n) is 10.8. The van der Waals surface area contributed by atoms with Gasteiger partial charge in [0.15, 0.2) is 11.5 Å². The largest absolute Gasteiger partial charge is 0.493 e. The van der Waals surface area contributed by atoms with Crippen molar-refractivity contribution in [2.75, 3.05) is 31.6 Å². The van der Waals surface area contributed by atoms with Gasteiger partial charge in [-0.25, -0.2) is 8.42 Å². The van der Waals surface area contributed by atoms with Crippen LogP contribution in [0.3, 0.4) is 0 Å². The molecule has 0 saturated carbocycles. The standard InChI is InChI=1S/C32H40ClN3O6S/c1-21(2)18-34-32(38)24(5)35(19-25-10-8-9-11-28(25)33)31(37)20-36(26-15-22(3)14-23(4)16-26)43(39,40)27-12-13-29(41-6)30(17-27)42-7/h8-17,21,24H,18-20H2,1-7H3,(H,34,38). The number of methoxy groups -OCH3 is 2. The lowest BCUT2D eigenvalue weighted by atomic mass is 10.1. The van der Waals surface area contributed by atoms with Gasteiger partial charge in [0, 0.05) is 24.2 Å². The number of hydrogen-bond acceptors (Lipinski definition) is 6. The second-order valence-corrected chi connectivity index (χ2v) is 13.1. The van der Waals surface area contributed by atoms with Crippen LogP contribution in [0.2, 0.25) is 5.02 Å². The number of hydrogen-bond donors (Lipinski definition) is 1. The van der Waals surface area contributed by atoms with Crippen molar-refractivity contribution in [3.05, 3.63) is 82.4 Å². The quantitative estimate of drug-likeness (QED) is 0.273. The predicted octanol–water partition coefficient (Wildman–Crippen LogP) is 5.36. The van der Waals surface area contributed by atoms with Gasteiger partial charge in [-0.1, -0.05) is 49.7 Å². The molecule has 3 aromatic rings. The SMILES string of the molecule is COc1ccc(S(=O)(=O)N(CC(=O)N(Cc2ccccc2Cl)C(C)C(=O)NCC(C)C)c2cc(C)cc(C)c2)cc1OC. The van der Waals surface area contributed by atoms with Crippen LogP contribution in [-0.2, 0) is 26.2 Å². The van der Waals surface area contributed by atoms with Gasteiger partial charge in [0.05, 0.1) is 24.8 Å². The minimum Gasteiger partial charge on any atom is -0.493 e. The normalized spacial score (nSPS) is 12.0. The molecule has 0 aliphatic heterocycles. The highest BCUT2D eigenvalue weighted by molar-refractivity contribution is 7.92. The number of sulfonamides is 1. The Morgan fingerprint density at radius 3 is 2.12 bits per heavy atom. The summed E-state index contributed by atoms with van der Waals surface area (Å²) in [6.45, 7) is 9.14. The molecule has 0 fully saturated rings. The van der Waals surface area contributed by atoms with Crippen LogP contribution < -0.4 is 19.1 Å². The molecule has 0 aliphatic rings. The van der Waals surface area contributed by atoms with E-state index in [2.05, 4.69) is 5.32 Å². The Morgan fingerprint density at radius 1 is 0.907 bits per heavy atom. The van der Waals surface area contributed by atoms with Gasteiger partial charge in [0.25, 0.3) is 10.0 Å². The first-order valence-corrected chi connectivity index (χ1v) is 15.7. The Hall–Kier alpha value is -3.76. The van der Waals surface area contributed by atoms with E-state index in [1.807, 2.05) is 33.8 Å². The number of carbonyl (C=O) groups is 2. The lowest BCUT2D eigenvalue weighted by molar-refractivity contribution is -0.139. The third-order valence-corrected chi connectivity index (χ3v) is 9.01. The first-order chi connectivity index (χ1) is 20.3. The summed E-state index contributed by atoms with van der Waals surface area (Å²) in [5.41, 5.74) is 2.59. The molecule has 1 atom stereocenters. The number of benzene rings is 3. The Kier molecular flexibility index (Phi) is 11.5. The number of ether oxygens (including phenoxy) is 2. The van der Waals surface area contributed by atoms with E-state index in [0.717, 1.165) is 15.4 Å². The van der Waals surface area contributed by atoms with Crippen LogP contribution in [0.1, 0.15) is 37.5 Å². The molecule has 11 heteroatoms. The summed E-state index contributed by atoms with van der Waals surface area (Å²) < 4.78 is 40.2. The molecule has 3 aromatic carbocycles. The van der Waals surface area contributed by atoms with Crippen molar-refractivity contribution in [1.82, 2.24) is 10.2 Å². The van der Waals surface area contributed by atoms with E-state index < -0.39 is 28.5 Å². The first kappa shape index (κ1) is 33.7. The summed E-state index contributed by atoms with van der Waals surface area (Å²) in [5, 5.41) is 3.30. The number of halogens is 1. The molecule has 0 aliphatic carbocycles. The van der Waals surface area contributed by atoms with Crippen LogP contribution in [0.5, 0.6) is 11.5 Å². The highest BCUT2D eigenvalue weighted by Gasteiger charge is 2.33. The summed E-state index contributed by atoms with van der Waals surface area (Å²) in [4.78, 5) is 28.6. The van der Waals surface area contributed by atoms with Crippen LogP contribution in [0.15, 0.2) is 65.6 Å². The summed E-state index contributed by atoms with van der Waals surface area (Å²) in [5.74, 6) is -0.130. The zero-order valence-corrected chi connectivity index (χ0v) is 27.3. The van der Waals surface area contributed by atoms with Crippen LogP contribution in [0, 0.1) is 19.8 Å². The Morgan fingerprint density at radius 2 is 1.53 bits per heavy atom. The molecule has 3 rings (SSSR count). The Bertz CT molecular complexity index is 1540. The van der Waals surface area contributed by atoms with Crippen LogP contribution in [0.25, 0.3) is 0 Å². The van der Waals surface area contributed by atoms with Crippen molar-refractivity contribution in [2.45, 2.75) is 52.1 Å². The lowest BCUT2D eigenvalue weighted by Crippen LogP contribution is -2.51. The first-order valence-electron chi connectivity index (χ1n) is 13.9. The van der Waals surface area contributed by atoms with Crippen molar-refractivity contribution in [3.8, 4) is 11.5 Å². The van der Waals surface area contributed by atoms with E-state index >= 15 is 0 Å². The second kappa shape index (κ2) is 14.6. The topological polar surface area (TPSA) is 105 Å². The highest BCUT2D eigenvalue weighted by atomic mass is 35.5. The van der Waals surface area contributed by atoms with Crippen molar-refractivity contribution in [1.29, 1.82) is 0 Å². The molecule has 0 heterocycles. The van der Waals surface area contributed by atoms with E-state index in [1.165, 1.54) is 37.3 Å². The molecule has 0 bridgehead atoms. The van der Waals surface area contributed by atoms with Crippen molar-refractivity contribution in [3.63, 3.8) is 0 Å². The number of nitrogens with one attached hydrogen (secondary N) is 1. The Balaban J connectivity index is 2.10. The van der Waals surface area contributed by atoms with Gasteiger partial charge in [-0.15, -0.1) is 0 Å². The molecule has 1 unspecified atom stereocenters. The molecular weight excluding hydrogens is 590 g/mol. The third kappa shape index (κ3) is 8.42. The van der Waals surface area contributed by atoms with E-state index in [-0.39, 0.29) is 29.0 Å². The van der Waals surface area contributed by atoms with E-state index in [4.69, 9.17) is 21.1 Å². The number of carbonyl (C=O) groups excluding carboxylic acids is 2. The minimum absolute atomic E-state index is 0.00582. The highest BCUT2D eigenvalue weighted by Crippen LogP contribution is 2.33. The molecule has 0 radical (unpaired) electrons. The summed E-state index contributed by atoms with van der Waals surface area (Å²) in [6, 6.07) is 15.7. The monoisotopic (exact) mass is 629 g/mol. The predicted molar refractivity (Wildman–Crippen MR) is 169 cm³/mol. The molecule has 0 aromatic heterocycles. The molecule has 43 heavy (non-hydrogen) atoms. The van der Waals surface area contributed by atoms with Gasteiger partial charge in [-0.2, -0.15) is 0 Å². The zero-order chi connectivity index (χ0) is 31.9. The van der Waals surface area contributed by atoms with Gasteiger partial charge in [-0.3, -0.25) is 13.9 Å². The summed E-state index contributed by atoms with van der Waals surface area (Å²) in [6.07, 6.45) is 0. The molecular formula is C32H40ClN3O6S. The molecule has 1 N–H and O–H groups in total. The summed E-state index contributed by atoms with van der Waals surface area (Å²) in [7, 11) is -1.43. The molecule has 232 valence electrons. The van der Waals surface area contributed by atoms with Crippen LogP contribution in [-0.4, -0.2) is 58.5 Å². The van der Waals surface area contributed by atoms with Crippen molar-refractivity contribution >= 4 is 39.1 Å². The van der Waals surface area contributed by atoms with Gasteiger partial charge in [0.1, 0.15) is 12.6 Å². The van der Waals surface area contributed by atoms with E-state index in [9.17, 15) is 18.0 Å². The lowest BCUT2D eigenvalue weighted by Gasteiger charge is -2.32. The van der Waals surface area contributed by atoms with Gasteiger partial charge in [-0.05, 0) is 73.7 Å². The molecule has 0 saturated heterocycles. The number of aryl methyl sites for hydroxylation is 2. The fourth-order valence-corrected chi connectivity index (χ4v) is 6.18. The maximum Gasteiger partial charge on any atom is 0.264 e. The van der Waals surface area contributed by atoms with Crippen molar-refractivity contribution < 1.29 is 27.5 Å². The number of nitrogens with zero attached hydrogens (tertiary/aromatic N) is 2. The van der Waals surface area contributed by atoms with Gasteiger partial charge in [0.2, 0.25) is 11.8 Å². The maximum absolute atomic E-state index is 14.2. The zero-order valence-electron chi connectivity index (χ0n) is 25.7. The Labute approximate surface area is 259 Å². The van der Waals surface area contributed by atoms with Crippen molar-refractivity contribution in [2.24, 2.45) is 5.92 Å². The number of rotatable bonds is 13. The summed E-state index contributed by atoms with van der Waals surface area (Å²) >= 11 is 6.44.